The van der Waals surface area contributed by atoms with Crippen molar-refractivity contribution in [3.63, 3.8) is 0 Å². The molecule has 1 aliphatic heterocycles. The molecule has 1 aliphatic rings. The van der Waals surface area contributed by atoms with Gasteiger partial charge in [0.15, 0.2) is 0 Å². The number of hydrogen-bond acceptors (Lipinski definition) is 4. The van der Waals surface area contributed by atoms with E-state index in [0.717, 1.165) is 53.1 Å². The summed E-state index contributed by atoms with van der Waals surface area (Å²) in [6.07, 6.45) is 9.69. The first-order valence-corrected chi connectivity index (χ1v) is 15.5. The summed E-state index contributed by atoms with van der Waals surface area (Å²) < 4.78 is 0. The normalized spacial score (nSPS) is 15.4. The lowest BCUT2D eigenvalue weighted by atomic mass is 9.79. The van der Waals surface area contributed by atoms with E-state index in [2.05, 4.69) is 112 Å². The molecule has 0 saturated heterocycles. The quantitative estimate of drug-likeness (QED) is 0.163. The number of nitrogens with zero attached hydrogens (tertiary/aromatic N) is 2. The van der Waals surface area contributed by atoms with Crippen LogP contribution in [0, 0.1) is 18.3 Å². The van der Waals surface area contributed by atoms with Gasteiger partial charge in [0.05, 0.1) is 18.1 Å². The SMILES string of the molecule is CCCNc1ccc(C)cc1C(C)(C)C/C=C/C(C#N)=C/C=C1/N(CCC(=O)O)c2ccc(-c3ccccc3)cc2C1(C)C. The molecule has 0 bridgehead atoms. The van der Waals surface area contributed by atoms with Gasteiger partial charge in [-0.3, -0.25) is 4.79 Å². The monoisotopic (exact) mass is 587 g/mol. The Kier molecular flexibility index (Phi) is 10.2. The van der Waals surface area contributed by atoms with Crippen LogP contribution in [-0.2, 0) is 15.6 Å². The number of nitrogens with one attached hydrogen (secondary N) is 1. The van der Waals surface area contributed by atoms with Gasteiger partial charge in [0.2, 0.25) is 0 Å². The smallest absolute Gasteiger partial charge is 0.305 e. The summed E-state index contributed by atoms with van der Waals surface area (Å²) in [6.45, 7) is 14.4. The zero-order valence-electron chi connectivity index (χ0n) is 26.9. The van der Waals surface area contributed by atoms with E-state index >= 15 is 0 Å². The Morgan fingerprint density at radius 3 is 2.50 bits per heavy atom. The number of fused-ring (bicyclic) bond motifs is 1. The number of carbonyl (C=O) groups is 1. The number of hydrogen-bond donors (Lipinski definition) is 2. The highest BCUT2D eigenvalue weighted by Gasteiger charge is 2.40. The molecule has 5 nitrogen and oxygen atoms in total. The first kappa shape index (κ1) is 32.4. The van der Waals surface area contributed by atoms with Crippen LogP contribution in [0.5, 0.6) is 0 Å². The molecule has 0 saturated carbocycles. The van der Waals surface area contributed by atoms with Gasteiger partial charge in [-0.25, -0.2) is 0 Å². The maximum Gasteiger partial charge on any atom is 0.305 e. The van der Waals surface area contributed by atoms with Crippen LogP contribution in [0.25, 0.3) is 11.1 Å². The Morgan fingerprint density at radius 1 is 1.07 bits per heavy atom. The summed E-state index contributed by atoms with van der Waals surface area (Å²) in [6, 6.07) is 25.6. The fraction of sp³-hybridized carbons (Fsp3) is 0.333. The molecule has 44 heavy (non-hydrogen) atoms. The van der Waals surface area contributed by atoms with Crippen LogP contribution in [0.2, 0.25) is 0 Å². The van der Waals surface area contributed by atoms with Crippen molar-refractivity contribution in [3.8, 4) is 17.2 Å². The fourth-order valence-electron chi connectivity index (χ4n) is 5.96. The lowest BCUT2D eigenvalue weighted by Gasteiger charge is -2.27. The van der Waals surface area contributed by atoms with Crippen molar-refractivity contribution in [3.05, 3.63) is 119 Å². The van der Waals surface area contributed by atoms with E-state index in [1.54, 1.807) is 0 Å². The molecule has 0 spiro atoms. The molecule has 4 rings (SSSR count). The van der Waals surface area contributed by atoms with E-state index in [9.17, 15) is 15.2 Å². The first-order valence-electron chi connectivity index (χ1n) is 15.5. The van der Waals surface area contributed by atoms with Crippen molar-refractivity contribution in [1.82, 2.24) is 0 Å². The number of anilines is 2. The number of aryl methyl sites for hydroxylation is 1. The summed E-state index contributed by atoms with van der Waals surface area (Å²) in [5.74, 6) is -0.836. The molecule has 2 N–H and O–H groups in total. The van der Waals surface area contributed by atoms with Gasteiger partial charge in [0.1, 0.15) is 0 Å². The Labute approximate surface area is 263 Å². The second-order valence-corrected chi connectivity index (χ2v) is 12.8. The topological polar surface area (TPSA) is 76.4 Å². The van der Waals surface area contributed by atoms with Gasteiger partial charge < -0.3 is 15.3 Å². The van der Waals surface area contributed by atoms with Crippen LogP contribution >= 0.6 is 0 Å². The molecule has 0 radical (unpaired) electrons. The van der Waals surface area contributed by atoms with Gasteiger partial charge in [0, 0.05) is 35.6 Å². The maximum atomic E-state index is 11.6. The Balaban J connectivity index is 1.63. The van der Waals surface area contributed by atoms with Crippen LogP contribution in [-0.4, -0.2) is 24.2 Å². The number of aliphatic carboxylic acids is 1. The number of rotatable bonds is 12. The fourth-order valence-corrected chi connectivity index (χ4v) is 5.96. The van der Waals surface area contributed by atoms with Crippen molar-refractivity contribution in [2.75, 3.05) is 23.3 Å². The molecule has 228 valence electrons. The van der Waals surface area contributed by atoms with Crippen LogP contribution in [0.3, 0.4) is 0 Å². The van der Waals surface area contributed by atoms with E-state index in [1.807, 2.05) is 36.4 Å². The van der Waals surface area contributed by atoms with Crippen LogP contribution in [0.15, 0.2) is 102 Å². The van der Waals surface area contributed by atoms with E-state index in [4.69, 9.17) is 0 Å². The van der Waals surface area contributed by atoms with Gasteiger partial charge >= 0.3 is 5.97 Å². The van der Waals surface area contributed by atoms with E-state index in [-0.39, 0.29) is 17.3 Å². The Morgan fingerprint density at radius 2 is 1.82 bits per heavy atom. The Bertz CT molecular complexity index is 1620. The predicted molar refractivity (Wildman–Crippen MR) is 183 cm³/mol. The van der Waals surface area contributed by atoms with Crippen molar-refractivity contribution in [2.24, 2.45) is 0 Å². The zero-order chi connectivity index (χ0) is 31.9. The van der Waals surface area contributed by atoms with E-state index in [0.29, 0.717) is 12.1 Å². The third kappa shape index (κ3) is 7.32. The number of carboxylic acid groups (broad SMARTS) is 1. The van der Waals surface area contributed by atoms with Crippen molar-refractivity contribution in [1.29, 1.82) is 5.26 Å². The third-order valence-corrected chi connectivity index (χ3v) is 8.49. The standard InChI is InChI=1S/C39H45N3O2/c1-7-23-41-34-18-15-28(2)25-32(34)38(3,4)22-11-12-29(27-40)16-20-36-39(5,6)33-26-31(30-13-9-8-10-14-30)17-19-35(33)42(36)24-21-37(43)44/h8-20,25-26,41H,7,21-24H2,1-6H3,(H,43,44)/b12-11+,29-16-,36-20+. The van der Waals surface area contributed by atoms with Gasteiger partial charge in [-0.15, -0.1) is 0 Å². The van der Waals surface area contributed by atoms with Crippen LogP contribution in [0.1, 0.15) is 70.6 Å². The molecule has 5 heteroatoms. The molecule has 0 atom stereocenters. The highest BCUT2D eigenvalue weighted by Crippen LogP contribution is 2.49. The van der Waals surface area contributed by atoms with Crippen LogP contribution < -0.4 is 10.2 Å². The van der Waals surface area contributed by atoms with Crippen LogP contribution in [0.4, 0.5) is 11.4 Å². The lowest BCUT2D eigenvalue weighted by molar-refractivity contribution is -0.136. The second-order valence-electron chi connectivity index (χ2n) is 12.8. The molecular weight excluding hydrogens is 542 g/mol. The molecule has 1 heterocycles. The highest BCUT2D eigenvalue weighted by molar-refractivity contribution is 5.78. The van der Waals surface area contributed by atoms with Gasteiger partial charge in [0.25, 0.3) is 0 Å². The lowest BCUT2D eigenvalue weighted by Crippen LogP contribution is -2.28. The largest absolute Gasteiger partial charge is 0.481 e. The minimum absolute atomic E-state index is 0.0190. The third-order valence-electron chi connectivity index (χ3n) is 8.49. The minimum atomic E-state index is -0.836. The average molecular weight is 588 g/mol. The summed E-state index contributed by atoms with van der Waals surface area (Å²) >= 11 is 0. The van der Waals surface area contributed by atoms with Crippen molar-refractivity contribution >= 4 is 17.3 Å². The number of benzene rings is 3. The minimum Gasteiger partial charge on any atom is -0.481 e. The van der Waals surface area contributed by atoms with E-state index < -0.39 is 5.97 Å². The molecule has 0 amide bonds. The molecule has 0 fully saturated rings. The van der Waals surface area contributed by atoms with Crippen molar-refractivity contribution < 1.29 is 9.90 Å². The average Bonchev–Trinajstić information content (AvgIpc) is 3.22. The van der Waals surface area contributed by atoms with Gasteiger partial charge in [-0.1, -0.05) is 94.8 Å². The number of nitriles is 1. The molecule has 3 aromatic carbocycles. The molecular formula is C39H45N3O2. The second kappa shape index (κ2) is 13.8. The van der Waals surface area contributed by atoms with Gasteiger partial charge in [-0.2, -0.15) is 5.26 Å². The van der Waals surface area contributed by atoms with Gasteiger partial charge in [-0.05, 0) is 83.9 Å². The summed E-state index contributed by atoms with van der Waals surface area (Å²) in [7, 11) is 0. The molecule has 0 aliphatic carbocycles. The number of allylic oxidation sites excluding steroid dienone is 6. The highest BCUT2D eigenvalue weighted by atomic mass is 16.4. The first-order chi connectivity index (χ1) is 21.0. The van der Waals surface area contributed by atoms with Crippen molar-refractivity contribution in [2.45, 2.75) is 71.6 Å². The maximum absolute atomic E-state index is 11.6. The molecule has 0 aromatic heterocycles. The summed E-state index contributed by atoms with van der Waals surface area (Å²) in [4.78, 5) is 13.7. The van der Waals surface area contributed by atoms with E-state index in [1.165, 1.54) is 11.1 Å². The summed E-state index contributed by atoms with van der Waals surface area (Å²) in [5.41, 5.74) is 9.10. The Hall–Kier alpha value is -4.56. The summed E-state index contributed by atoms with van der Waals surface area (Å²) in [5, 5.41) is 23.1. The number of carboxylic acids is 1. The molecule has 0 unspecified atom stereocenters. The molecule has 3 aromatic rings. The predicted octanol–water partition coefficient (Wildman–Crippen LogP) is 9.31. The zero-order valence-corrected chi connectivity index (χ0v) is 26.9.